The molecule has 0 unspecified atom stereocenters. The summed E-state index contributed by atoms with van der Waals surface area (Å²) in [5.41, 5.74) is 4.25. The van der Waals surface area contributed by atoms with Crippen molar-refractivity contribution in [1.82, 2.24) is 9.80 Å². The average Bonchev–Trinajstić information content (AvgIpc) is 2.95. The van der Waals surface area contributed by atoms with E-state index in [2.05, 4.69) is 19.1 Å². The van der Waals surface area contributed by atoms with Crippen molar-refractivity contribution in [2.24, 2.45) is 0 Å². The van der Waals surface area contributed by atoms with Crippen LogP contribution >= 0.6 is 0 Å². The van der Waals surface area contributed by atoms with E-state index in [1.54, 1.807) is 0 Å². The van der Waals surface area contributed by atoms with Crippen LogP contribution in [0.2, 0.25) is 0 Å². The van der Waals surface area contributed by atoms with E-state index in [1.165, 1.54) is 11.1 Å². The summed E-state index contributed by atoms with van der Waals surface area (Å²) in [6.45, 7) is 6.72. The zero-order valence-corrected chi connectivity index (χ0v) is 16.3. The van der Waals surface area contributed by atoms with Crippen molar-refractivity contribution >= 4 is 11.8 Å². The maximum Gasteiger partial charge on any atom is 0.253 e. The van der Waals surface area contributed by atoms with Gasteiger partial charge in [0, 0.05) is 38.2 Å². The van der Waals surface area contributed by atoms with E-state index in [0.717, 1.165) is 30.5 Å². The van der Waals surface area contributed by atoms with E-state index < -0.39 is 0 Å². The molecule has 0 aliphatic carbocycles. The van der Waals surface area contributed by atoms with Gasteiger partial charge in [-0.25, -0.2) is 0 Å². The van der Waals surface area contributed by atoms with Crippen molar-refractivity contribution in [3.05, 3.63) is 70.8 Å². The van der Waals surface area contributed by atoms with E-state index >= 15 is 0 Å². The highest BCUT2D eigenvalue weighted by molar-refractivity contribution is 5.94. The van der Waals surface area contributed by atoms with Crippen molar-refractivity contribution in [1.29, 1.82) is 0 Å². The maximum absolute atomic E-state index is 12.8. The van der Waals surface area contributed by atoms with Crippen LogP contribution in [0.5, 0.6) is 0 Å². The van der Waals surface area contributed by atoms with Gasteiger partial charge in [-0.1, -0.05) is 36.4 Å². The number of hydrogen-bond donors (Lipinski definition) is 0. The molecule has 1 saturated heterocycles. The van der Waals surface area contributed by atoms with Gasteiger partial charge in [-0.2, -0.15) is 0 Å². The number of carbonyl (C=O) groups is 2. The molecule has 3 rings (SSSR count). The Morgan fingerprint density at radius 1 is 0.852 bits per heavy atom. The van der Waals surface area contributed by atoms with Crippen molar-refractivity contribution in [3.8, 4) is 0 Å². The van der Waals surface area contributed by atoms with Crippen LogP contribution in [0.15, 0.2) is 48.5 Å². The molecule has 1 fully saturated rings. The number of rotatable bonds is 4. The van der Waals surface area contributed by atoms with Gasteiger partial charge in [0.2, 0.25) is 5.91 Å². The van der Waals surface area contributed by atoms with Gasteiger partial charge in [-0.05, 0) is 55.5 Å². The van der Waals surface area contributed by atoms with Crippen LogP contribution in [-0.2, 0) is 11.2 Å². The largest absolute Gasteiger partial charge is 0.341 e. The fourth-order valence-electron chi connectivity index (χ4n) is 3.48. The fourth-order valence-corrected chi connectivity index (χ4v) is 3.48. The molecule has 27 heavy (non-hydrogen) atoms. The van der Waals surface area contributed by atoms with Crippen LogP contribution in [0.1, 0.15) is 39.9 Å². The normalized spacial score (nSPS) is 14.7. The third-order valence-electron chi connectivity index (χ3n) is 5.36. The van der Waals surface area contributed by atoms with Crippen molar-refractivity contribution in [2.45, 2.75) is 33.1 Å². The molecule has 2 aromatic rings. The quantitative estimate of drug-likeness (QED) is 0.831. The Bertz CT molecular complexity index is 801. The Hall–Kier alpha value is -2.62. The second kappa shape index (κ2) is 8.85. The standard InChI is InChI=1S/C23H28N2O2/c1-18-9-11-21(17-19(18)2)23(27)25-14-6-13-24(15-16-25)22(26)12-10-20-7-4-3-5-8-20/h3-5,7-9,11,17H,6,10,12-16H2,1-2H3. The highest BCUT2D eigenvalue weighted by atomic mass is 16.2. The van der Waals surface area contributed by atoms with E-state index in [0.29, 0.717) is 26.1 Å². The summed E-state index contributed by atoms with van der Waals surface area (Å²) in [4.78, 5) is 29.2. The molecule has 0 atom stereocenters. The molecule has 0 aromatic heterocycles. The number of nitrogens with zero attached hydrogens (tertiary/aromatic N) is 2. The maximum atomic E-state index is 12.8. The first-order valence-electron chi connectivity index (χ1n) is 9.73. The lowest BCUT2D eigenvalue weighted by atomic mass is 10.1. The Labute approximate surface area is 161 Å². The minimum atomic E-state index is 0.0664. The van der Waals surface area contributed by atoms with Crippen LogP contribution in [-0.4, -0.2) is 47.8 Å². The van der Waals surface area contributed by atoms with E-state index in [9.17, 15) is 9.59 Å². The van der Waals surface area contributed by atoms with Crippen molar-refractivity contribution < 1.29 is 9.59 Å². The van der Waals surface area contributed by atoms with E-state index in [4.69, 9.17) is 0 Å². The van der Waals surface area contributed by atoms with Crippen molar-refractivity contribution in [3.63, 3.8) is 0 Å². The summed E-state index contributed by atoms with van der Waals surface area (Å²) in [7, 11) is 0. The molecular formula is C23H28N2O2. The van der Waals surface area contributed by atoms with Crippen molar-refractivity contribution in [2.75, 3.05) is 26.2 Å². The minimum Gasteiger partial charge on any atom is -0.341 e. The number of hydrogen-bond acceptors (Lipinski definition) is 2. The molecule has 1 aliphatic heterocycles. The number of aryl methyl sites for hydroxylation is 3. The van der Waals surface area contributed by atoms with Gasteiger partial charge in [-0.15, -0.1) is 0 Å². The molecular weight excluding hydrogens is 336 g/mol. The number of carbonyl (C=O) groups excluding carboxylic acids is 2. The van der Waals surface area contributed by atoms with Gasteiger partial charge in [-0.3, -0.25) is 9.59 Å². The Morgan fingerprint density at radius 2 is 1.56 bits per heavy atom. The Balaban J connectivity index is 1.55. The molecule has 2 amide bonds. The third kappa shape index (κ3) is 4.97. The van der Waals surface area contributed by atoms with Gasteiger partial charge in [0.15, 0.2) is 0 Å². The molecule has 4 heteroatoms. The molecule has 0 bridgehead atoms. The molecule has 0 radical (unpaired) electrons. The van der Waals surface area contributed by atoms with Gasteiger partial charge >= 0.3 is 0 Å². The van der Waals surface area contributed by atoms with Crippen LogP contribution in [0.25, 0.3) is 0 Å². The smallest absolute Gasteiger partial charge is 0.253 e. The summed E-state index contributed by atoms with van der Waals surface area (Å²) < 4.78 is 0. The zero-order valence-electron chi connectivity index (χ0n) is 16.3. The van der Waals surface area contributed by atoms with Gasteiger partial charge in [0.25, 0.3) is 5.91 Å². The summed E-state index contributed by atoms with van der Waals surface area (Å²) in [5.74, 6) is 0.246. The molecule has 0 saturated carbocycles. The van der Waals surface area contributed by atoms with Gasteiger partial charge in [0.1, 0.15) is 0 Å². The summed E-state index contributed by atoms with van der Waals surface area (Å²) >= 11 is 0. The second-order valence-corrected chi connectivity index (χ2v) is 7.31. The lowest BCUT2D eigenvalue weighted by Crippen LogP contribution is -2.37. The average molecular weight is 364 g/mol. The topological polar surface area (TPSA) is 40.6 Å². The Morgan fingerprint density at radius 3 is 2.30 bits per heavy atom. The predicted molar refractivity (Wildman–Crippen MR) is 108 cm³/mol. The molecule has 1 heterocycles. The lowest BCUT2D eigenvalue weighted by molar-refractivity contribution is -0.131. The summed E-state index contributed by atoms with van der Waals surface area (Å²) in [5, 5.41) is 0. The first-order valence-corrected chi connectivity index (χ1v) is 9.73. The number of benzene rings is 2. The minimum absolute atomic E-state index is 0.0664. The SMILES string of the molecule is Cc1ccc(C(=O)N2CCCN(C(=O)CCc3ccccc3)CC2)cc1C. The lowest BCUT2D eigenvalue weighted by Gasteiger charge is -2.22. The first-order chi connectivity index (χ1) is 13.0. The van der Waals surface area contributed by atoms with Crippen LogP contribution in [0.3, 0.4) is 0 Å². The first kappa shape index (κ1) is 19.2. The van der Waals surface area contributed by atoms with Crippen LogP contribution < -0.4 is 0 Å². The highest BCUT2D eigenvalue weighted by Gasteiger charge is 2.22. The van der Waals surface area contributed by atoms with Crippen LogP contribution in [0.4, 0.5) is 0 Å². The molecule has 2 aromatic carbocycles. The van der Waals surface area contributed by atoms with E-state index in [1.807, 2.05) is 53.1 Å². The zero-order chi connectivity index (χ0) is 19.2. The van der Waals surface area contributed by atoms with Gasteiger partial charge < -0.3 is 9.80 Å². The molecule has 142 valence electrons. The fraction of sp³-hybridized carbons (Fsp3) is 0.391. The van der Waals surface area contributed by atoms with Gasteiger partial charge in [0.05, 0.1) is 0 Å². The molecule has 4 nitrogen and oxygen atoms in total. The highest BCUT2D eigenvalue weighted by Crippen LogP contribution is 2.14. The third-order valence-corrected chi connectivity index (χ3v) is 5.36. The van der Waals surface area contributed by atoms with E-state index in [-0.39, 0.29) is 11.8 Å². The monoisotopic (exact) mass is 364 g/mol. The summed E-state index contributed by atoms with van der Waals surface area (Å²) in [6.07, 6.45) is 2.12. The molecule has 0 spiro atoms. The molecule has 1 aliphatic rings. The molecule has 0 N–H and O–H groups in total. The predicted octanol–water partition coefficient (Wildman–Crippen LogP) is 3.61. The Kier molecular flexibility index (Phi) is 6.28. The number of amides is 2. The summed E-state index contributed by atoms with van der Waals surface area (Å²) in [6, 6.07) is 16.0. The second-order valence-electron chi connectivity index (χ2n) is 7.31. The van der Waals surface area contributed by atoms with Crippen LogP contribution in [0, 0.1) is 13.8 Å².